The van der Waals surface area contributed by atoms with E-state index in [9.17, 15) is 4.79 Å². The zero-order valence-electron chi connectivity index (χ0n) is 13.6. The molecule has 1 heterocycles. The Bertz CT molecular complexity index is 740. The number of ether oxygens (including phenoxy) is 1. The summed E-state index contributed by atoms with van der Waals surface area (Å²) in [6.07, 6.45) is 0. The van der Waals surface area contributed by atoms with Gasteiger partial charge in [-0.25, -0.2) is 0 Å². The maximum Gasteiger partial charge on any atom is 0.253 e. The van der Waals surface area contributed by atoms with Crippen LogP contribution in [-0.4, -0.2) is 44.1 Å². The number of amides is 1. The summed E-state index contributed by atoms with van der Waals surface area (Å²) in [7, 11) is 1.66. The number of hydrogen-bond donors (Lipinski definition) is 0. The maximum absolute atomic E-state index is 12.5. The topological polar surface area (TPSA) is 56.6 Å². The number of methoxy groups -OCH3 is 1. The van der Waals surface area contributed by atoms with Crippen LogP contribution in [0, 0.1) is 11.3 Å². The molecule has 0 atom stereocenters. The molecule has 1 aliphatic heterocycles. The van der Waals surface area contributed by atoms with E-state index in [1.54, 1.807) is 31.4 Å². The monoisotopic (exact) mass is 321 g/mol. The normalized spacial score (nSPS) is 14.2. The van der Waals surface area contributed by atoms with Crippen molar-refractivity contribution in [3.8, 4) is 11.8 Å². The van der Waals surface area contributed by atoms with Crippen LogP contribution in [0.3, 0.4) is 0 Å². The fraction of sp³-hybridized carbons (Fsp3) is 0.263. The summed E-state index contributed by atoms with van der Waals surface area (Å²) < 4.78 is 5.18. The molecule has 0 aliphatic carbocycles. The lowest BCUT2D eigenvalue weighted by atomic mass is 10.1. The Hall–Kier alpha value is -3.00. The van der Waals surface area contributed by atoms with E-state index in [-0.39, 0.29) is 5.91 Å². The van der Waals surface area contributed by atoms with Crippen molar-refractivity contribution >= 4 is 11.6 Å². The minimum atomic E-state index is 0.0221. The van der Waals surface area contributed by atoms with E-state index in [4.69, 9.17) is 10.00 Å². The zero-order chi connectivity index (χ0) is 16.9. The number of hydrogen-bond acceptors (Lipinski definition) is 4. The number of anilines is 1. The molecule has 122 valence electrons. The van der Waals surface area contributed by atoms with Gasteiger partial charge in [0.2, 0.25) is 0 Å². The number of benzene rings is 2. The van der Waals surface area contributed by atoms with Crippen LogP contribution >= 0.6 is 0 Å². The van der Waals surface area contributed by atoms with Gasteiger partial charge in [-0.05, 0) is 48.5 Å². The van der Waals surface area contributed by atoms with E-state index in [0.717, 1.165) is 24.5 Å². The highest BCUT2D eigenvalue weighted by Crippen LogP contribution is 2.21. The van der Waals surface area contributed by atoms with E-state index < -0.39 is 0 Å². The number of carbonyl (C=O) groups is 1. The molecule has 1 aliphatic rings. The van der Waals surface area contributed by atoms with Gasteiger partial charge in [0.05, 0.1) is 18.7 Å². The molecule has 0 unspecified atom stereocenters. The summed E-state index contributed by atoms with van der Waals surface area (Å²) in [5, 5.41) is 8.83. The van der Waals surface area contributed by atoms with Gasteiger partial charge >= 0.3 is 0 Å². The molecule has 0 radical (unpaired) electrons. The Kier molecular flexibility index (Phi) is 4.66. The minimum Gasteiger partial charge on any atom is -0.497 e. The highest BCUT2D eigenvalue weighted by Gasteiger charge is 2.22. The average Bonchev–Trinajstić information content (AvgIpc) is 2.68. The van der Waals surface area contributed by atoms with Crippen molar-refractivity contribution in [2.75, 3.05) is 38.2 Å². The van der Waals surface area contributed by atoms with E-state index in [2.05, 4.69) is 11.0 Å². The van der Waals surface area contributed by atoms with Crippen molar-refractivity contribution in [1.29, 1.82) is 5.26 Å². The maximum atomic E-state index is 12.5. The molecule has 0 N–H and O–H groups in total. The first-order valence-corrected chi connectivity index (χ1v) is 7.89. The van der Waals surface area contributed by atoms with Crippen LogP contribution in [0.2, 0.25) is 0 Å². The second-order valence-electron chi connectivity index (χ2n) is 5.67. The van der Waals surface area contributed by atoms with Crippen molar-refractivity contribution in [1.82, 2.24) is 4.90 Å². The molecule has 1 amide bonds. The van der Waals surface area contributed by atoms with E-state index in [1.807, 2.05) is 29.2 Å². The van der Waals surface area contributed by atoms with Crippen LogP contribution < -0.4 is 9.64 Å². The average molecular weight is 321 g/mol. The molecule has 24 heavy (non-hydrogen) atoms. The first kappa shape index (κ1) is 15.9. The Morgan fingerprint density at radius 3 is 2.17 bits per heavy atom. The molecule has 3 rings (SSSR count). The van der Waals surface area contributed by atoms with Crippen LogP contribution in [0.4, 0.5) is 5.69 Å². The van der Waals surface area contributed by atoms with Crippen LogP contribution in [0.15, 0.2) is 48.5 Å². The third kappa shape index (κ3) is 3.33. The summed E-state index contributed by atoms with van der Waals surface area (Å²) in [5.74, 6) is 0.863. The SMILES string of the molecule is COc1ccc(N2CCN(C(=O)c3ccc(C#N)cc3)CC2)cc1. The Morgan fingerprint density at radius 1 is 1.00 bits per heavy atom. The molecule has 5 nitrogen and oxygen atoms in total. The second kappa shape index (κ2) is 7.05. The summed E-state index contributed by atoms with van der Waals surface area (Å²) in [6, 6.07) is 16.8. The Balaban J connectivity index is 1.61. The molecule has 2 aromatic rings. The Labute approximate surface area is 141 Å². The third-order valence-electron chi connectivity index (χ3n) is 4.27. The molecular formula is C19H19N3O2. The van der Waals surface area contributed by atoms with Crippen molar-refractivity contribution in [3.05, 3.63) is 59.7 Å². The van der Waals surface area contributed by atoms with Gasteiger partial charge in [0.1, 0.15) is 5.75 Å². The molecular weight excluding hydrogens is 302 g/mol. The summed E-state index contributed by atoms with van der Waals surface area (Å²) >= 11 is 0. The standard InChI is InChI=1S/C19H19N3O2/c1-24-18-8-6-17(7-9-18)21-10-12-22(13-11-21)19(23)16-4-2-15(14-20)3-5-16/h2-9H,10-13H2,1H3. The van der Waals surface area contributed by atoms with Crippen molar-refractivity contribution in [2.24, 2.45) is 0 Å². The lowest BCUT2D eigenvalue weighted by molar-refractivity contribution is 0.0747. The van der Waals surface area contributed by atoms with Crippen LogP contribution in [0.5, 0.6) is 5.75 Å². The van der Waals surface area contributed by atoms with E-state index in [1.165, 1.54) is 0 Å². The smallest absolute Gasteiger partial charge is 0.253 e. The third-order valence-corrected chi connectivity index (χ3v) is 4.27. The van der Waals surface area contributed by atoms with Gasteiger partial charge in [0.25, 0.3) is 5.91 Å². The van der Waals surface area contributed by atoms with Crippen molar-refractivity contribution in [2.45, 2.75) is 0 Å². The number of nitriles is 1. The number of carbonyl (C=O) groups excluding carboxylic acids is 1. The fourth-order valence-corrected chi connectivity index (χ4v) is 2.83. The van der Waals surface area contributed by atoms with Gasteiger partial charge in [-0.15, -0.1) is 0 Å². The highest BCUT2D eigenvalue weighted by atomic mass is 16.5. The molecule has 0 bridgehead atoms. The van der Waals surface area contributed by atoms with Gasteiger partial charge in [-0.1, -0.05) is 0 Å². The van der Waals surface area contributed by atoms with Gasteiger partial charge in [0, 0.05) is 37.4 Å². The number of piperazine rings is 1. The fourth-order valence-electron chi connectivity index (χ4n) is 2.83. The lowest BCUT2D eigenvalue weighted by Crippen LogP contribution is -2.48. The minimum absolute atomic E-state index is 0.0221. The number of rotatable bonds is 3. The summed E-state index contributed by atoms with van der Waals surface area (Å²) in [5.41, 5.74) is 2.34. The first-order chi connectivity index (χ1) is 11.7. The van der Waals surface area contributed by atoms with Gasteiger partial charge in [-0.2, -0.15) is 5.26 Å². The quantitative estimate of drug-likeness (QED) is 0.872. The molecule has 5 heteroatoms. The molecule has 0 spiro atoms. The lowest BCUT2D eigenvalue weighted by Gasteiger charge is -2.36. The molecule has 0 saturated carbocycles. The van der Waals surface area contributed by atoms with Crippen molar-refractivity contribution in [3.63, 3.8) is 0 Å². The summed E-state index contributed by atoms with van der Waals surface area (Å²) in [6.45, 7) is 2.97. The Morgan fingerprint density at radius 2 is 1.62 bits per heavy atom. The second-order valence-corrected chi connectivity index (χ2v) is 5.67. The van der Waals surface area contributed by atoms with Gasteiger partial charge in [0.15, 0.2) is 0 Å². The van der Waals surface area contributed by atoms with Gasteiger partial charge < -0.3 is 14.5 Å². The van der Waals surface area contributed by atoms with Crippen LogP contribution in [0.25, 0.3) is 0 Å². The predicted molar refractivity (Wildman–Crippen MR) is 92.3 cm³/mol. The summed E-state index contributed by atoms with van der Waals surface area (Å²) in [4.78, 5) is 16.7. The molecule has 2 aromatic carbocycles. The molecule has 1 fully saturated rings. The zero-order valence-corrected chi connectivity index (χ0v) is 13.6. The molecule has 0 aromatic heterocycles. The van der Waals surface area contributed by atoms with E-state index in [0.29, 0.717) is 24.2 Å². The van der Waals surface area contributed by atoms with E-state index >= 15 is 0 Å². The number of nitrogens with zero attached hydrogens (tertiary/aromatic N) is 3. The molecule has 1 saturated heterocycles. The van der Waals surface area contributed by atoms with Gasteiger partial charge in [-0.3, -0.25) is 4.79 Å². The van der Waals surface area contributed by atoms with Crippen molar-refractivity contribution < 1.29 is 9.53 Å². The largest absolute Gasteiger partial charge is 0.497 e. The highest BCUT2D eigenvalue weighted by molar-refractivity contribution is 5.94. The van der Waals surface area contributed by atoms with Crippen LogP contribution in [-0.2, 0) is 0 Å². The predicted octanol–water partition coefficient (Wildman–Crippen LogP) is 2.53. The van der Waals surface area contributed by atoms with Crippen LogP contribution in [0.1, 0.15) is 15.9 Å². The first-order valence-electron chi connectivity index (χ1n) is 7.89.